The molecule has 0 bridgehead atoms. The largest absolute Gasteiger partial charge is 0.396 e. The number of anilines is 2. The number of rotatable bonds is 3. The number of primary amides is 1. The van der Waals surface area contributed by atoms with Crippen molar-refractivity contribution in [1.29, 1.82) is 0 Å². The molecule has 0 aliphatic rings. The zero-order valence-corrected chi connectivity index (χ0v) is 10.5. The number of thiophene rings is 1. The summed E-state index contributed by atoms with van der Waals surface area (Å²) in [6.07, 6.45) is 0. The number of carbonyl (C=O) groups excluding carboxylic acids is 2. The molecular weight excluding hydrogens is 269 g/mol. The summed E-state index contributed by atoms with van der Waals surface area (Å²) in [5, 5.41) is 4.46. The average molecular weight is 279 g/mol. The molecule has 1 heterocycles. The van der Waals surface area contributed by atoms with E-state index in [-0.39, 0.29) is 16.8 Å². The van der Waals surface area contributed by atoms with E-state index >= 15 is 0 Å². The van der Waals surface area contributed by atoms with Crippen LogP contribution in [0.4, 0.5) is 15.1 Å². The second-order valence-corrected chi connectivity index (χ2v) is 4.63. The van der Waals surface area contributed by atoms with Crippen LogP contribution in [-0.2, 0) is 0 Å². The van der Waals surface area contributed by atoms with Crippen LogP contribution in [0, 0.1) is 5.82 Å². The molecule has 1 aromatic carbocycles. The molecular formula is C12H10FN3O2S. The smallest absolute Gasteiger partial charge is 0.256 e. The van der Waals surface area contributed by atoms with Crippen molar-refractivity contribution in [2.24, 2.45) is 5.73 Å². The Bertz CT molecular complexity index is 654. The van der Waals surface area contributed by atoms with Gasteiger partial charge in [0.1, 0.15) is 10.8 Å². The fourth-order valence-electron chi connectivity index (χ4n) is 1.44. The molecule has 0 fully saturated rings. The number of hydrogen-bond acceptors (Lipinski definition) is 4. The normalized spacial score (nSPS) is 10.2. The molecule has 5 N–H and O–H groups in total. The molecule has 1 aromatic heterocycles. The lowest BCUT2D eigenvalue weighted by Gasteiger charge is -2.05. The first-order valence-corrected chi connectivity index (χ1v) is 6.10. The number of benzene rings is 1. The van der Waals surface area contributed by atoms with Gasteiger partial charge in [-0.2, -0.15) is 0 Å². The summed E-state index contributed by atoms with van der Waals surface area (Å²) in [4.78, 5) is 23.0. The number of halogens is 1. The molecule has 2 amide bonds. The summed E-state index contributed by atoms with van der Waals surface area (Å²) in [6.45, 7) is 0. The van der Waals surface area contributed by atoms with Crippen molar-refractivity contribution >= 4 is 33.8 Å². The maximum absolute atomic E-state index is 13.2. The van der Waals surface area contributed by atoms with Gasteiger partial charge in [0.25, 0.3) is 11.8 Å². The molecule has 0 radical (unpaired) electrons. The zero-order chi connectivity index (χ0) is 14.0. The monoisotopic (exact) mass is 279 g/mol. The molecule has 0 aliphatic carbocycles. The maximum atomic E-state index is 13.2. The van der Waals surface area contributed by atoms with Gasteiger partial charge in [0, 0.05) is 5.56 Å². The minimum Gasteiger partial charge on any atom is -0.396 e. The highest BCUT2D eigenvalue weighted by atomic mass is 32.1. The summed E-state index contributed by atoms with van der Waals surface area (Å²) in [5.74, 6) is -1.85. The van der Waals surface area contributed by atoms with Crippen LogP contribution in [0.25, 0.3) is 0 Å². The van der Waals surface area contributed by atoms with Crippen molar-refractivity contribution in [3.05, 3.63) is 46.6 Å². The number of nitrogen functional groups attached to an aromatic ring is 1. The Balaban J connectivity index is 2.23. The van der Waals surface area contributed by atoms with Crippen LogP contribution >= 0.6 is 11.3 Å². The van der Waals surface area contributed by atoms with Gasteiger partial charge in [0.2, 0.25) is 0 Å². The minimum absolute atomic E-state index is 0.0366. The number of nitrogens with one attached hydrogen (secondary N) is 1. The molecule has 5 nitrogen and oxygen atoms in total. The van der Waals surface area contributed by atoms with Gasteiger partial charge in [-0.05, 0) is 29.6 Å². The highest BCUT2D eigenvalue weighted by Gasteiger charge is 2.14. The van der Waals surface area contributed by atoms with Gasteiger partial charge in [-0.3, -0.25) is 9.59 Å². The van der Waals surface area contributed by atoms with E-state index in [1.165, 1.54) is 18.2 Å². The van der Waals surface area contributed by atoms with Crippen molar-refractivity contribution in [3.8, 4) is 0 Å². The summed E-state index contributed by atoms with van der Waals surface area (Å²) in [5.41, 5.74) is 10.8. The van der Waals surface area contributed by atoms with E-state index in [9.17, 15) is 14.0 Å². The summed E-state index contributed by atoms with van der Waals surface area (Å²) in [7, 11) is 0. The molecule has 0 spiro atoms. The van der Waals surface area contributed by atoms with Crippen LogP contribution in [0.2, 0.25) is 0 Å². The highest BCUT2D eigenvalue weighted by molar-refractivity contribution is 7.14. The third-order valence-electron chi connectivity index (χ3n) is 2.42. The van der Waals surface area contributed by atoms with E-state index in [1.807, 2.05) is 0 Å². The van der Waals surface area contributed by atoms with Crippen LogP contribution in [0.5, 0.6) is 0 Å². The lowest BCUT2D eigenvalue weighted by atomic mass is 10.2. The summed E-state index contributed by atoms with van der Waals surface area (Å²) < 4.78 is 13.2. The number of hydrogen-bond donors (Lipinski definition) is 3. The molecule has 0 aliphatic heterocycles. The molecule has 98 valence electrons. The quantitative estimate of drug-likeness (QED) is 0.747. The Morgan fingerprint density at radius 3 is 2.63 bits per heavy atom. The number of carbonyl (C=O) groups is 2. The predicted molar refractivity (Wildman–Crippen MR) is 71.6 cm³/mol. The lowest BCUT2D eigenvalue weighted by molar-refractivity contribution is 0.100. The van der Waals surface area contributed by atoms with Crippen molar-refractivity contribution in [1.82, 2.24) is 0 Å². The maximum Gasteiger partial charge on any atom is 0.256 e. The predicted octanol–water partition coefficient (Wildman–Crippen LogP) is 1.82. The highest BCUT2D eigenvalue weighted by Crippen LogP contribution is 2.23. The molecule has 19 heavy (non-hydrogen) atoms. The molecule has 0 atom stereocenters. The van der Waals surface area contributed by atoms with Crippen LogP contribution in [0.15, 0.2) is 29.6 Å². The van der Waals surface area contributed by atoms with E-state index in [4.69, 9.17) is 11.5 Å². The standard InChI is InChI=1S/C12H10FN3O2S/c13-8-5-6(1-2-9(8)14)11(18)16-12-7(10(15)17)3-4-19-12/h1-5H,14H2,(H2,15,17)(H,16,18). The third kappa shape index (κ3) is 2.71. The Kier molecular flexibility index (Phi) is 3.48. The van der Waals surface area contributed by atoms with Gasteiger partial charge in [0.05, 0.1) is 11.3 Å². The average Bonchev–Trinajstić information content (AvgIpc) is 2.80. The SMILES string of the molecule is NC(=O)c1ccsc1NC(=O)c1ccc(N)c(F)c1. The first kappa shape index (κ1) is 13.0. The number of amides is 2. The fraction of sp³-hybridized carbons (Fsp3) is 0. The van der Waals surface area contributed by atoms with Crippen molar-refractivity contribution < 1.29 is 14.0 Å². The van der Waals surface area contributed by atoms with Gasteiger partial charge in [0.15, 0.2) is 0 Å². The van der Waals surface area contributed by atoms with Crippen molar-refractivity contribution in [2.45, 2.75) is 0 Å². The molecule has 2 aromatic rings. The molecule has 2 rings (SSSR count). The van der Waals surface area contributed by atoms with Crippen LogP contribution in [-0.4, -0.2) is 11.8 Å². The summed E-state index contributed by atoms with van der Waals surface area (Å²) >= 11 is 1.16. The molecule has 7 heteroatoms. The molecule has 0 saturated carbocycles. The van der Waals surface area contributed by atoms with Crippen LogP contribution in [0.1, 0.15) is 20.7 Å². The molecule has 0 saturated heterocycles. The van der Waals surface area contributed by atoms with Crippen LogP contribution < -0.4 is 16.8 Å². The Labute approximate surface area is 112 Å². The second-order valence-electron chi connectivity index (χ2n) is 3.72. The Hall–Kier alpha value is -2.41. The van der Waals surface area contributed by atoms with Gasteiger partial charge < -0.3 is 16.8 Å². The third-order valence-corrected chi connectivity index (χ3v) is 3.25. The van der Waals surface area contributed by atoms with Crippen LogP contribution in [0.3, 0.4) is 0 Å². The second kappa shape index (κ2) is 5.07. The molecule has 0 unspecified atom stereocenters. The van der Waals surface area contributed by atoms with E-state index < -0.39 is 17.6 Å². The Morgan fingerprint density at radius 1 is 1.26 bits per heavy atom. The first-order chi connectivity index (χ1) is 8.99. The first-order valence-electron chi connectivity index (χ1n) is 5.22. The zero-order valence-electron chi connectivity index (χ0n) is 9.64. The van der Waals surface area contributed by atoms with Crippen molar-refractivity contribution in [3.63, 3.8) is 0 Å². The van der Waals surface area contributed by atoms with Gasteiger partial charge >= 0.3 is 0 Å². The van der Waals surface area contributed by atoms with Gasteiger partial charge in [-0.15, -0.1) is 11.3 Å². The topological polar surface area (TPSA) is 98.2 Å². The lowest BCUT2D eigenvalue weighted by Crippen LogP contribution is -2.16. The Morgan fingerprint density at radius 2 is 2.00 bits per heavy atom. The van der Waals surface area contributed by atoms with E-state index in [1.54, 1.807) is 5.38 Å². The van der Waals surface area contributed by atoms with E-state index in [0.29, 0.717) is 5.00 Å². The van der Waals surface area contributed by atoms with Gasteiger partial charge in [-0.1, -0.05) is 0 Å². The fourth-order valence-corrected chi connectivity index (χ4v) is 2.23. The van der Waals surface area contributed by atoms with E-state index in [0.717, 1.165) is 17.4 Å². The minimum atomic E-state index is -0.672. The number of nitrogens with two attached hydrogens (primary N) is 2. The van der Waals surface area contributed by atoms with E-state index in [2.05, 4.69) is 5.32 Å². The summed E-state index contributed by atoms with van der Waals surface area (Å²) in [6, 6.07) is 5.23. The van der Waals surface area contributed by atoms with Gasteiger partial charge in [-0.25, -0.2) is 4.39 Å². The van der Waals surface area contributed by atoms with Crippen molar-refractivity contribution in [2.75, 3.05) is 11.1 Å².